The lowest BCUT2D eigenvalue weighted by molar-refractivity contribution is -0.664. The van der Waals surface area contributed by atoms with E-state index in [0.29, 0.717) is 0 Å². The fourth-order valence-electron chi connectivity index (χ4n) is 2.41. The molecule has 0 unspecified atom stereocenters. The van der Waals surface area contributed by atoms with Crippen LogP contribution in [-0.2, 0) is 6.42 Å². The minimum atomic E-state index is 0.983. The summed E-state index contributed by atoms with van der Waals surface area (Å²) < 4.78 is 0. The molecular formula is C14H22N+. The maximum absolute atomic E-state index is 2.45. The predicted octanol–water partition coefficient (Wildman–Crippen LogP) is 1.90. The fourth-order valence-corrected chi connectivity index (χ4v) is 2.41. The van der Waals surface area contributed by atoms with Crippen molar-refractivity contribution in [2.45, 2.75) is 32.6 Å². The summed E-state index contributed by atoms with van der Waals surface area (Å²) in [7, 11) is 0. The number of piperidine rings is 1. The van der Waals surface area contributed by atoms with E-state index in [1.54, 1.807) is 0 Å². The summed E-state index contributed by atoms with van der Waals surface area (Å²) in [6.07, 6.45) is 5.50. The van der Waals surface area contributed by atoms with Crippen LogP contribution in [0.15, 0.2) is 24.3 Å². The van der Waals surface area contributed by atoms with E-state index in [9.17, 15) is 0 Å². The number of benzene rings is 1. The zero-order valence-corrected chi connectivity index (χ0v) is 9.71. The lowest BCUT2D eigenvalue weighted by atomic mass is 9.91. The quantitative estimate of drug-likeness (QED) is 0.774. The van der Waals surface area contributed by atoms with E-state index in [-0.39, 0.29) is 0 Å². The lowest BCUT2D eigenvalue weighted by Gasteiger charge is -2.20. The Hall–Kier alpha value is -0.820. The highest BCUT2D eigenvalue weighted by Crippen LogP contribution is 2.17. The molecule has 1 nitrogen and oxygen atoms in total. The van der Waals surface area contributed by atoms with Crippen LogP contribution in [0.5, 0.6) is 0 Å². The van der Waals surface area contributed by atoms with E-state index in [1.807, 2.05) is 0 Å². The van der Waals surface area contributed by atoms with Gasteiger partial charge in [0.15, 0.2) is 0 Å². The molecule has 1 aromatic rings. The van der Waals surface area contributed by atoms with Gasteiger partial charge in [-0.25, -0.2) is 0 Å². The Kier molecular flexibility index (Phi) is 3.79. The van der Waals surface area contributed by atoms with Gasteiger partial charge < -0.3 is 5.32 Å². The Morgan fingerprint density at radius 2 is 1.80 bits per heavy atom. The topological polar surface area (TPSA) is 16.6 Å². The predicted molar refractivity (Wildman–Crippen MR) is 63.9 cm³/mol. The molecule has 0 radical (unpaired) electrons. The van der Waals surface area contributed by atoms with Gasteiger partial charge in [0, 0.05) is 0 Å². The molecule has 0 atom stereocenters. The van der Waals surface area contributed by atoms with Crippen molar-refractivity contribution in [1.29, 1.82) is 0 Å². The van der Waals surface area contributed by atoms with Gasteiger partial charge in [0.2, 0.25) is 0 Å². The highest BCUT2D eigenvalue weighted by atomic mass is 14.9. The van der Waals surface area contributed by atoms with Crippen molar-refractivity contribution < 1.29 is 5.32 Å². The van der Waals surface area contributed by atoms with Crippen molar-refractivity contribution in [3.8, 4) is 0 Å². The molecule has 82 valence electrons. The van der Waals surface area contributed by atoms with E-state index in [2.05, 4.69) is 36.5 Å². The molecule has 0 saturated carbocycles. The molecule has 1 aliphatic rings. The number of rotatable bonds is 3. The standard InChI is InChI=1S/C14H21N/c1-12-2-4-13(5-3-12)6-7-14-8-10-15-11-9-14/h2-5,14-15H,6-11H2,1H3/p+1. The van der Waals surface area contributed by atoms with Gasteiger partial charge in [0.1, 0.15) is 0 Å². The minimum Gasteiger partial charge on any atom is -0.346 e. The highest BCUT2D eigenvalue weighted by Gasteiger charge is 2.14. The first kappa shape index (κ1) is 10.7. The van der Waals surface area contributed by atoms with Crippen LogP contribution in [0.25, 0.3) is 0 Å². The van der Waals surface area contributed by atoms with Gasteiger partial charge in [0.05, 0.1) is 13.1 Å². The van der Waals surface area contributed by atoms with Gasteiger partial charge in [-0.3, -0.25) is 0 Å². The van der Waals surface area contributed by atoms with Crippen molar-refractivity contribution >= 4 is 0 Å². The second-order valence-electron chi connectivity index (χ2n) is 4.83. The number of aryl methyl sites for hydroxylation is 2. The van der Waals surface area contributed by atoms with Gasteiger partial charge in [-0.05, 0) is 44.1 Å². The SMILES string of the molecule is Cc1ccc(CCC2CC[NH2+]CC2)cc1. The molecule has 1 aromatic carbocycles. The molecule has 1 heterocycles. The van der Waals surface area contributed by atoms with E-state index >= 15 is 0 Å². The summed E-state index contributed by atoms with van der Waals surface area (Å²) in [4.78, 5) is 0. The summed E-state index contributed by atoms with van der Waals surface area (Å²) >= 11 is 0. The third-order valence-electron chi connectivity index (χ3n) is 3.52. The highest BCUT2D eigenvalue weighted by molar-refractivity contribution is 5.21. The van der Waals surface area contributed by atoms with Crippen molar-refractivity contribution in [3.05, 3.63) is 35.4 Å². The van der Waals surface area contributed by atoms with Crippen molar-refractivity contribution in [3.63, 3.8) is 0 Å². The Bertz CT molecular complexity index is 283. The monoisotopic (exact) mass is 204 g/mol. The largest absolute Gasteiger partial charge is 0.346 e. The summed E-state index contributed by atoms with van der Waals surface area (Å²) in [5, 5.41) is 2.45. The van der Waals surface area contributed by atoms with Gasteiger partial charge in [0.25, 0.3) is 0 Å². The average molecular weight is 204 g/mol. The van der Waals surface area contributed by atoms with Crippen LogP contribution in [0.3, 0.4) is 0 Å². The van der Waals surface area contributed by atoms with E-state index in [1.165, 1.54) is 49.9 Å². The molecule has 1 aliphatic heterocycles. The van der Waals surface area contributed by atoms with Crippen LogP contribution in [-0.4, -0.2) is 13.1 Å². The molecule has 2 N–H and O–H groups in total. The van der Waals surface area contributed by atoms with Crippen LogP contribution >= 0.6 is 0 Å². The first-order valence-electron chi connectivity index (χ1n) is 6.22. The third-order valence-corrected chi connectivity index (χ3v) is 3.52. The first-order valence-corrected chi connectivity index (χ1v) is 6.22. The van der Waals surface area contributed by atoms with E-state index < -0.39 is 0 Å². The second-order valence-corrected chi connectivity index (χ2v) is 4.83. The zero-order valence-electron chi connectivity index (χ0n) is 9.71. The Morgan fingerprint density at radius 1 is 1.13 bits per heavy atom. The van der Waals surface area contributed by atoms with Crippen molar-refractivity contribution in [2.24, 2.45) is 5.92 Å². The minimum absolute atomic E-state index is 0.983. The van der Waals surface area contributed by atoms with Gasteiger partial charge in [-0.15, -0.1) is 0 Å². The molecule has 15 heavy (non-hydrogen) atoms. The second kappa shape index (κ2) is 5.32. The molecule has 0 aromatic heterocycles. The lowest BCUT2D eigenvalue weighted by Crippen LogP contribution is -2.86. The average Bonchev–Trinajstić information content (AvgIpc) is 2.30. The van der Waals surface area contributed by atoms with E-state index in [4.69, 9.17) is 0 Å². The number of nitrogens with two attached hydrogens (primary N) is 1. The molecule has 2 rings (SSSR count). The van der Waals surface area contributed by atoms with Gasteiger partial charge in [-0.1, -0.05) is 29.8 Å². The zero-order chi connectivity index (χ0) is 10.5. The van der Waals surface area contributed by atoms with Crippen molar-refractivity contribution in [2.75, 3.05) is 13.1 Å². The Balaban J connectivity index is 1.79. The molecule has 0 amide bonds. The molecule has 0 aliphatic carbocycles. The normalized spacial score (nSPS) is 17.9. The molecule has 0 bridgehead atoms. The van der Waals surface area contributed by atoms with Gasteiger partial charge >= 0.3 is 0 Å². The molecule has 1 fully saturated rings. The number of hydrogen-bond donors (Lipinski definition) is 1. The summed E-state index contributed by atoms with van der Waals surface area (Å²) in [5.41, 5.74) is 2.88. The van der Waals surface area contributed by atoms with Gasteiger partial charge in [-0.2, -0.15) is 0 Å². The Labute approximate surface area is 92.9 Å². The maximum Gasteiger partial charge on any atom is 0.0758 e. The smallest absolute Gasteiger partial charge is 0.0758 e. The van der Waals surface area contributed by atoms with Crippen LogP contribution < -0.4 is 5.32 Å². The maximum atomic E-state index is 2.45. The van der Waals surface area contributed by atoms with E-state index in [0.717, 1.165) is 5.92 Å². The summed E-state index contributed by atoms with van der Waals surface area (Å²) in [5.74, 6) is 0.983. The molecule has 1 saturated heterocycles. The van der Waals surface area contributed by atoms with Crippen LogP contribution in [0.2, 0.25) is 0 Å². The third kappa shape index (κ3) is 3.35. The number of hydrogen-bond acceptors (Lipinski definition) is 0. The molecule has 1 heteroatoms. The van der Waals surface area contributed by atoms with Crippen LogP contribution in [0, 0.1) is 12.8 Å². The molecular weight excluding hydrogens is 182 g/mol. The number of quaternary nitrogens is 1. The molecule has 0 spiro atoms. The van der Waals surface area contributed by atoms with Crippen molar-refractivity contribution in [1.82, 2.24) is 0 Å². The fraction of sp³-hybridized carbons (Fsp3) is 0.571. The van der Waals surface area contributed by atoms with Crippen LogP contribution in [0.1, 0.15) is 30.4 Å². The summed E-state index contributed by atoms with van der Waals surface area (Å²) in [6.45, 7) is 4.85. The van der Waals surface area contributed by atoms with Crippen LogP contribution in [0.4, 0.5) is 0 Å². The first-order chi connectivity index (χ1) is 7.34. The summed E-state index contributed by atoms with van der Waals surface area (Å²) in [6, 6.07) is 9.02. The Morgan fingerprint density at radius 3 is 2.47 bits per heavy atom.